The SMILES string of the molecule is COc1ccc2nccc(CCC[C@@H]3CCN(CCSc4ccnnc4)C[C@@H]3CCC(=O)O)c2c1. The molecule has 0 bridgehead atoms. The molecule has 35 heavy (non-hydrogen) atoms. The van der Waals surface area contributed by atoms with Gasteiger partial charge in [0.1, 0.15) is 5.75 Å². The topological polar surface area (TPSA) is 88.4 Å². The van der Waals surface area contributed by atoms with Gasteiger partial charge in [-0.05, 0) is 86.4 Å². The Morgan fingerprint density at radius 2 is 2.09 bits per heavy atom. The maximum atomic E-state index is 11.3. The third-order valence-corrected chi connectivity index (χ3v) is 7.96. The van der Waals surface area contributed by atoms with Crippen molar-refractivity contribution in [1.29, 1.82) is 0 Å². The highest BCUT2D eigenvalue weighted by Crippen LogP contribution is 2.32. The van der Waals surface area contributed by atoms with E-state index in [1.54, 1.807) is 31.3 Å². The first-order valence-corrected chi connectivity index (χ1v) is 13.4. The quantitative estimate of drug-likeness (QED) is 0.354. The van der Waals surface area contributed by atoms with Gasteiger partial charge in [0.15, 0.2) is 0 Å². The van der Waals surface area contributed by atoms with Crippen molar-refractivity contribution in [3.8, 4) is 5.75 Å². The minimum absolute atomic E-state index is 0.251. The van der Waals surface area contributed by atoms with Crippen molar-refractivity contribution in [2.75, 3.05) is 32.5 Å². The molecule has 7 nitrogen and oxygen atoms in total. The average Bonchev–Trinajstić information content (AvgIpc) is 2.88. The van der Waals surface area contributed by atoms with E-state index < -0.39 is 5.97 Å². The molecule has 1 fully saturated rings. The number of nitrogens with zero attached hydrogens (tertiary/aromatic N) is 4. The first-order chi connectivity index (χ1) is 17.1. The molecule has 3 aromatic rings. The number of carbonyl (C=O) groups is 1. The fraction of sp³-hybridized carbons (Fsp3) is 0.481. The van der Waals surface area contributed by atoms with Gasteiger partial charge >= 0.3 is 5.97 Å². The van der Waals surface area contributed by atoms with Crippen molar-refractivity contribution >= 4 is 28.6 Å². The summed E-state index contributed by atoms with van der Waals surface area (Å²) >= 11 is 1.80. The van der Waals surface area contributed by atoms with Gasteiger partial charge in [0.2, 0.25) is 0 Å². The molecule has 0 aliphatic carbocycles. The van der Waals surface area contributed by atoms with Crippen LogP contribution >= 0.6 is 11.8 Å². The fourth-order valence-electron chi connectivity index (χ4n) is 5.11. The number of benzene rings is 1. The van der Waals surface area contributed by atoms with E-state index in [0.717, 1.165) is 79.0 Å². The van der Waals surface area contributed by atoms with E-state index in [1.807, 2.05) is 24.4 Å². The van der Waals surface area contributed by atoms with E-state index >= 15 is 0 Å². The van der Waals surface area contributed by atoms with Crippen molar-refractivity contribution in [2.24, 2.45) is 11.8 Å². The predicted molar refractivity (Wildman–Crippen MR) is 139 cm³/mol. The molecule has 0 saturated carbocycles. The van der Waals surface area contributed by atoms with Crippen LogP contribution in [0.25, 0.3) is 10.9 Å². The molecule has 0 radical (unpaired) electrons. The number of carboxylic acid groups (broad SMARTS) is 1. The molecular weight excluding hydrogens is 460 g/mol. The molecule has 0 amide bonds. The summed E-state index contributed by atoms with van der Waals surface area (Å²) in [5.41, 5.74) is 2.30. The Bertz CT molecular complexity index is 1100. The highest BCUT2D eigenvalue weighted by Gasteiger charge is 2.29. The van der Waals surface area contributed by atoms with Gasteiger partial charge in [-0.3, -0.25) is 9.78 Å². The second-order valence-corrected chi connectivity index (χ2v) is 10.4. The lowest BCUT2D eigenvalue weighted by atomic mass is 9.79. The van der Waals surface area contributed by atoms with Crippen molar-refractivity contribution in [2.45, 2.75) is 43.4 Å². The highest BCUT2D eigenvalue weighted by atomic mass is 32.2. The van der Waals surface area contributed by atoms with Crippen LogP contribution in [0.15, 0.2) is 53.8 Å². The molecule has 3 heterocycles. The van der Waals surface area contributed by atoms with Gasteiger partial charge in [0.05, 0.1) is 25.0 Å². The van der Waals surface area contributed by atoms with Crippen LogP contribution < -0.4 is 4.74 Å². The maximum Gasteiger partial charge on any atom is 0.303 e. The minimum Gasteiger partial charge on any atom is -0.497 e. The number of thioether (sulfide) groups is 1. The monoisotopic (exact) mass is 494 g/mol. The first kappa shape index (κ1) is 25.4. The molecule has 8 heteroatoms. The number of aryl methyl sites for hydroxylation is 1. The van der Waals surface area contributed by atoms with Gasteiger partial charge in [-0.2, -0.15) is 10.2 Å². The predicted octanol–water partition coefficient (Wildman–Crippen LogP) is 4.95. The number of hydrogen-bond donors (Lipinski definition) is 1. The third kappa shape index (κ3) is 7.39. The molecule has 1 saturated heterocycles. The maximum absolute atomic E-state index is 11.3. The molecule has 186 valence electrons. The molecule has 2 aromatic heterocycles. The largest absolute Gasteiger partial charge is 0.497 e. The highest BCUT2D eigenvalue weighted by molar-refractivity contribution is 7.99. The molecule has 0 unspecified atom stereocenters. The van der Waals surface area contributed by atoms with Crippen LogP contribution in [-0.2, 0) is 11.2 Å². The Kier molecular flexibility index (Phi) is 9.31. The first-order valence-electron chi connectivity index (χ1n) is 12.4. The second kappa shape index (κ2) is 12.8. The molecule has 2 atom stereocenters. The number of piperidine rings is 1. The van der Waals surface area contributed by atoms with Crippen LogP contribution in [0.1, 0.15) is 37.7 Å². The van der Waals surface area contributed by atoms with E-state index in [1.165, 1.54) is 5.56 Å². The Balaban J connectivity index is 1.31. The summed E-state index contributed by atoms with van der Waals surface area (Å²) in [4.78, 5) is 19.4. The van der Waals surface area contributed by atoms with Crippen LogP contribution in [0.4, 0.5) is 0 Å². The minimum atomic E-state index is -0.696. The lowest BCUT2D eigenvalue weighted by Gasteiger charge is -2.39. The number of ether oxygens (including phenoxy) is 1. The molecule has 4 rings (SSSR count). The molecule has 1 N–H and O–H groups in total. The number of pyridine rings is 1. The Labute approximate surface area is 211 Å². The zero-order valence-corrected chi connectivity index (χ0v) is 21.1. The van der Waals surface area contributed by atoms with E-state index in [9.17, 15) is 9.90 Å². The van der Waals surface area contributed by atoms with Crippen LogP contribution in [0.2, 0.25) is 0 Å². The lowest BCUT2D eigenvalue weighted by Crippen LogP contribution is -2.41. The smallest absolute Gasteiger partial charge is 0.303 e. The Morgan fingerprint density at radius 3 is 2.89 bits per heavy atom. The van der Waals surface area contributed by atoms with Crippen molar-refractivity contribution in [3.63, 3.8) is 0 Å². The zero-order chi connectivity index (χ0) is 24.5. The summed E-state index contributed by atoms with van der Waals surface area (Å²) < 4.78 is 5.41. The number of hydrogen-bond acceptors (Lipinski definition) is 7. The molecule has 0 spiro atoms. The van der Waals surface area contributed by atoms with Crippen molar-refractivity contribution < 1.29 is 14.6 Å². The van der Waals surface area contributed by atoms with Gasteiger partial charge in [-0.25, -0.2) is 0 Å². The third-order valence-electron chi connectivity index (χ3n) is 7.00. The standard InChI is InChI=1S/C27H34N4O3S/c1-34-23-6-7-26-25(17-23)21(9-12-28-26)4-2-3-20-11-14-31(19-22(20)5-8-27(32)33)15-16-35-24-10-13-29-30-18-24/h6-7,9-10,12-13,17-18,20,22H,2-5,8,11,14-16,19H2,1H3,(H,32,33)/t20-,22+/m1/s1. The second-order valence-electron chi connectivity index (χ2n) is 9.21. The normalized spacial score (nSPS) is 18.5. The van der Waals surface area contributed by atoms with E-state index in [-0.39, 0.29) is 6.42 Å². The number of rotatable bonds is 12. The van der Waals surface area contributed by atoms with Crippen LogP contribution in [0.5, 0.6) is 5.75 Å². The summed E-state index contributed by atoms with van der Waals surface area (Å²) in [6.45, 7) is 3.08. The number of fused-ring (bicyclic) bond motifs is 1. The fourth-order valence-corrected chi connectivity index (χ4v) is 5.98. The number of aromatic nitrogens is 3. The molecular formula is C27H34N4O3S. The van der Waals surface area contributed by atoms with Crippen LogP contribution in [-0.4, -0.2) is 63.7 Å². The van der Waals surface area contributed by atoms with Gasteiger partial charge in [-0.15, -0.1) is 11.8 Å². The zero-order valence-electron chi connectivity index (χ0n) is 20.3. The van der Waals surface area contributed by atoms with Gasteiger partial charge in [-0.1, -0.05) is 0 Å². The molecule has 1 aromatic carbocycles. The van der Waals surface area contributed by atoms with Crippen molar-refractivity contribution in [1.82, 2.24) is 20.1 Å². The van der Waals surface area contributed by atoms with E-state index in [0.29, 0.717) is 11.8 Å². The Hall–Kier alpha value is -2.71. The van der Waals surface area contributed by atoms with Crippen LogP contribution in [0, 0.1) is 11.8 Å². The summed E-state index contributed by atoms with van der Waals surface area (Å²) in [7, 11) is 1.69. The van der Waals surface area contributed by atoms with Gasteiger partial charge < -0.3 is 14.7 Å². The summed E-state index contributed by atoms with van der Waals surface area (Å²) in [6.07, 6.45) is 10.8. The van der Waals surface area contributed by atoms with Gasteiger partial charge in [0, 0.05) is 41.7 Å². The van der Waals surface area contributed by atoms with Gasteiger partial charge in [0.25, 0.3) is 0 Å². The van der Waals surface area contributed by atoms with E-state index in [2.05, 4.69) is 32.2 Å². The average molecular weight is 495 g/mol. The number of aliphatic carboxylic acids is 1. The van der Waals surface area contributed by atoms with Crippen molar-refractivity contribution in [3.05, 3.63) is 54.5 Å². The number of likely N-dealkylation sites (tertiary alicyclic amines) is 1. The number of methoxy groups -OCH3 is 1. The number of carboxylic acids is 1. The molecule has 1 aliphatic heterocycles. The Morgan fingerprint density at radius 1 is 1.17 bits per heavy atom. The van der Waals surface area contributed by atoms with Crippen LogP contribution in [0.3, 0.4) is 0 Å². The summed E-state index contributed by atoms with van der Waals surface area (Å²) in [5.74, 6) is 2.16. The lowest BCUT2D eigenvalue weighted by molar-refractivity contribution is -0.137. The summed E-state index contributed by atoms with van der Waals surface area (Å²) in [5, 5.41) is 18.2. The summed E-state index contributed by atoms with van der Waals surface area (Å²) in [6, 6.07) is 10.1. The van der Waals surface area contributed by atoms with E-state index in [4.69, 9.17) is 4.74 Å². The molecule has 1 aliphatic rings.